The average Bonchev–Trinajstić information content (AvgIpc) is 2.01. The maximum atomic E-state index is 12.0. The van der Waals surface area contributed by atoms with E-state index in [1.807, 2.05) is 13.8 Å². The second-order valence-electron chi connectivity index (χ2n) is 2.93. The van der Waals surface area contributed by atoms with E-state index in [9.17, 15) is 8.78 Å². The molecule has 0 heterocycles. The smallest absolute Gasteiger partial charge is 0.251 e. The number of nitrogens with two attached hydrogens (primary N) is 1. The molecular formula is C8H18F2N2. The van der Waals surface area contributed by atoms with Crippen molar-refractivity contribution in [2.45, 2.75) is 32.7 Å². The van der Waals surface area contributed by atoms with Crippen molar-refractivity contribution < 1.29 is 8.78 Å². The lowest BCUT2D eigenvalue weighted by Crippen LogP contribution is -2.39. The van der Waals surface area contributed by atoms with Gasteiger partial charge in [-0.05, 0) is 13.3 Å². The highest BCUT2D eigenvalue weighted by Gasteiger charge is 2.15. The first kappa shape index (κ1) is 11.8. The average molecular weight is 180 g/mol. The SMILES string of the molecule is CCC(C)N(CCN)CC(F)F. The summed E-state index contributed by atoms with van der Waals surface area (Å²) in [7, 11) is 0. The maximum absolute atomic E-state index is 12.0. The van der Waals surface area contributed by atoms with Crippen LogP contribution in [0.15, 0.2) is 0 Å². The Morgan fingerprint density at radius 2 is 2.00 bits per heavy atom. The summed E-state index contributed by atoms with van der Waals surface area (Å²) >= 11 is 0. The maximum Gasteiger partial charge on any atom is 0.251 e. The molecule has 0 aliphatic rings. The zero-order valence-corrected chi connectivity index (χ0v) is 7.76. The highest BCUT2D eigenvalue weighted by Crippen LogP contribution is 2.05. The standard InChI is InChI=1S/C8H18F2N2/c1-3-7(2)12(5-4-11)6-8(9)10/h7-8H,3-6,11H2,1-2H3. The molecule has 0 aliphatic heterocycles. The van der Waals surface area contributed by atoms with Crippen LogP contribution >= 0.6 is 0 Å². The molecule has 2 N–H and O–H groups in total. The van der Waals surface area contributed by atoms with Crippen molar-refractivity contribution in [3.8, 4) is 0 Å². The van der Waals surface area contributed by atoms with E-state index in [-0.39, 0.29) is 12.6 Å². The van der Waals surface area contributed by atoms with Gasteiger partial charge in [-0.15, -0.1) is 0 Å². The molecule has 0 rings (SSSR count). The molecule has 0 aromatic heterocycles. The summed E-state index contributed by atoms with van der Waals surface area (Å²) in [5, 5.41) is 0. The lowest BCUT2D eigenvalue weighted by molar-refractivity contribution is 0.0702. The number of halogens is 2. The highest BCUT2D eigenvalue weighted by molar-refractivity contribution is 4.66. The molecule has 0 bridgehead atoms. The first-order valence-corrected chi connectivity index (χ1v) is 4.34. The van der Waals surface area contributed by atoms with Gasteiger partial charge in [0.2, 0.25) is 0 Å². The van der Waals surface area contributed by atoms with Crippen LogP contribution in [0.2, 0.25) is 0 Å². The van der Waals surface area contributed by atoms with E-state index >= 15 is 0 Å². The number of hydrogen-bond donors (Lipinski definition) is 1. The summed E-state index contributed by atoms with van der Waals surface area (Å²) in [5.41, 5.74) is 5.31. The molecule has 4 heteroatoms. The van der Waals surface area contributed by atoms with Crippen molar-refractivity contribution >= 4 is 0 Å². The molecular weight excluding hydrogens is 162 g/mol. The zero-order valence-electron chi connectivity index (χ0n) is 7.76. The number of alkyl halides is 2. The van der Waals surface area contributed by atoms with Crippen molar-refractivity contribution in [1.29, 1.82) is 0 Å². The Balaban J connectivity index is 3.84. The fraction of sp³-hybridized carbons (Fsp3) is 1.00. The highest BCUT2D eigenvalue weighted by atomic mass is 19.3. The van der Waals surface area contributed by atoms with Crippen LogP contribution in [0.3, 0.4) is 0 Å². The minimum atomic E-state index is -2.26. The van der Waals surface area contributed by atoms with Gasteiger partial charge in [0.05, 0.1) is 6.54 Å². The topological polar surface area (TPSA) is 29.3 Å². The van der Waals surface area contributed by atoms with Crippen LogP contribution in [0.4, 0.5) is 8.78 Å². The molecule has 0 saturated heterocycles. The van der Waals surface area contributed by atoms with Crippen LogP contribution in [0.1, 0.15) is 20.3 Å². The molecule has 2 nitrogen and oxygen atoms in total. The Labute approximate surface area is 72.7 Å². The Morgan fingerprint density at radius 3 is 2.33 bits per heavy atom. The molecule has 1 unspecified atom stereocenters. The predicted molar refractivity (Wildman–Crippen MR) is 46.4 cm³/mol. The fourth-order valence-corrected chi connectivity index (χ4v) is 1.09. The van der Waals surface area contributed by atoms with Crippen molar-refractivity contribution in [1.82, 2.24) is 4.90 Å². The Hall–Kier alpha value is -0.220. The molecule has 0 radical (unpaired) electrons. The first-order chi connectivity index (χ1) is 5.61. The summed E-state index contributed by atoms with van der Waals surface area (Å²) in [4.78, 5) is 1.73. The van der Waals surface area contributed by atoms with E-state index in [0.29, 0.717) is 13.1 Å². The Morgan fingerprint density at radius 1 is 1.42 bits per heavy atom. The van der Waals surface area contributed by atoms with Gasteiger partial charge < -0.3 is 5.73 Å². The molecule has 74 valence electrons. The molecule has 0 spiro atoms. The molecule has 0 aliphatic carbocycles. The van der Waals surface area contributed by atoms with E-state index in [4.69, 9.17) is 5.73 Å². The second kappa shape index (κ2) is 6.31. The van der Waals surface area contributed by atoms with Crippen LogP contribution in [-0.2, 0) is 0 Å². The van der Waals surface area contributed by atoms with Gasteiger partial charge in [-0.1, -0.05) is 6.92 Å². The summed E-state index contributed by atoms with van der Waals surface area (Å²) < 4.78 is 24.0. The van der Waals surface area contributed by atoms with Crippen LogP contribution in [-0.4, -0.2) is 37.0 Å². The van der Waals surface area contributed by atoms with Gasteiger partial charge >= 0.3 is 0 Å². The summed E-state index contributed by atoms with van der Waals surface area (Å²) in [6.07, 6.45) is -1.38. The minimum Gasteiger partial charge on any atom is -0.329 e. The molecule has 0 aromatic rings. The van der Waals surface area contributed by atoms with Gasteiger partial charge in [0, 0.05) is 19.1 Å². The quantitative estimate of drug-likeness (QED) is 0.667. The monoisotopic (exact) mass is 180 g/mol. The summed E-state index contributed by atoms with van der Waals surface area (Å²) in [6, 6.07) is 0.197. The van der Waals surface area contributed by atoms with E-state index in [1.165, 1.54) is 0 Å². The number of hydrogen-bond acceptors (Lipinski definition) is 2. The third kappa shape index (κ3) is 4.62. The second-order valence-corrected chi connectivity index (χ2v) is 2.93. The van der Waals surface area contributed by atoms with Crippen LogP contribution < -0.4 is 5.73 Å². The van der Waals surface area contributed by atoms with Gasteiger partial charge in [0.25, 0.3) is 6.43 Å². The van der Waals surface area contributed by atoms with Gasteiger partial charge in [0.15, 0.2) is 0 Å². The molecule has 0 saturated carbocycles. The van der Waals surface area contributed by atoms with Crippen molar-refractivity contribution in [3.63, 3.8) is 0 Å². The minimum absolute atomic E-state index is 0.161. The molecule has 0 amide bonds. The number of rotatable bonds is 6. The first-order valence-electron chi connectivity index (χ1n) is 4.34. The molecule has 12 heavy (non-hydrogen) atoms. The molecule has 0 aromatic carbocycles. The lowest BCUT2D eigenvalue weighted by atomic mass is 10.2. The van der Waals surface area contributed by atoms with E-state index in [1.54, 1.807) is 4.90 Å². The predicted octanol–water partition coefficient (Wildman–Crippen LogP) is 1.31. The molecule has 1 atom stereocenters. The summed E-state index contributed by atoms with van der Waals surface area (Å²) in [6.45, 7) is 4.76. The largest absolute Gasteiger partial charge is 0.329 e. The fourth-order valence-electron chi connectivity index (χ4n) is 1.09. The lowest BCUT2D eigenvalue weighted by Gasteiger charge is -2.27. The van der Waals surface area contributed by atoms with Crippen molar-refractivity contribution in [2.24, 2.45) is 5.73 Å². The van der Waals surface area contributed by atoms with Crippen LogP contribution in [0.25, 0.3) is 0 Å². The van der Waals surface area contributed by atoms with E-state index < -0.39 is 6.43 Å². The zero-order chi connectivity index (χ0) is 9.56. The van der Waals surface area contributed by atoms with Crippen molar-refractivity contribution in [3.05, 3.63) is 0 Å². The third-order valence-electron chi connectivity index (χ3n) is 2.00. The van der Waals surface area contributed by atoms with E-state index in [0.717, 1.165) is 6.42 Å². The Kier molecular flexibility index (Phi) is 6.20. The Bertz CT molecular complexity index is 109. The van der Waals surface area contributed by atoms with Gasteiger partial charge in [-0.2, -0.15) is 0 Å². The van der Waals surface area contributed by atoms with Crippen LogP contribution in [0, 0.1) is 0 Å². The summed E-state index contributed by atoms with van der Waals surface area (Å²) in [5.74, 6) is 0. The third-order valence-corrected chi connectivity index (χ3v) is 2.00. The van der Waals surface area contributed by atoms with Crippen molar-refractivity contribution in [2.75, 3.05) is 19.6 Å². The van der Waals surface area contributed by atoms with Gasteiger partial charge in [-0.25, -0.2) is 8.78 Å². The van der Waals surface area contributed by atoms with Gasteiger partial charge in [-0.3, -0.25) is 4.90 Å². The van der Waals surface area contributed by atoms with Gasteiger partial charge in [0.1, 0.15) is 0 Å². The molecule has 0 fully saturated rings. The normalized spacial score (nSPS) is 14.2. The van der Waals surface area contributed by atoms with Crippen LogP contribution in [0.5, 0.6) is 0 Å². The number of nitrogens with zero attached hydrogens (tertiary/aromatic N) is 1. The van der Waals surface area contributed by atoms with E-state index in [2.05, 4.69) is 0 Å².